The maximum atomic E-state index is 11.1. The summed E-state index contributed by atoms with van der Waals surface area (Å²) >= 11 is 3.67. The number of carbonyl (C=O) groups is 1. The average Bonchev–Trinajstić information content (AvgIpc) is 3.01. The molecule has 0 saturated carbocycles. The SMILES string of the molecule is CC(=O)OC(C)c1ccc2c(c1)sc1c3ccccc3sc21. The lowest BCUT2D eigenvalue weighted by atomic mass is 10.1. The number of benzene rings is 2. The van der Waals surface area contributed by atoms with Gasteiger partial charge in [-0.1, -0.05) is 30.3 Å². The molecule has 0 spiro atoms. The molecule has 0 N–H and O–H groups in total. The highest BCUT2D eigenvalue weighted by Crippen LogP contribution is 2.44. The number of hydrogen-bond acceptors (Lipinski definition) is 4. The van der Waals surface area contributed by atoms with Crippen LogP contribution >= 0.6 is 22.7 Å². The summed E-state index contributed by atoms with van der Waals surface area (Å²) in [5.41, 5.74) is 1.04. The van der Waals surface area contributed by atoms with E-state index in [1.165, 1.54) is 36.5 Å². The quantitative estimate of drug-likeness (QED) is 0.429. The van der Waals surface area contributed by atoms with Crippen molar-refractivity contribution in [2.45, 2.75) is 20.0 Å². The van der Waals surface area contributed by atoms with Gasteiger partial charge >= 0.3 is 5.97 Å². The molecule has 0 radical (unpaired) electrons. The van der Waals surface area contributed by atoms with Gasteiger partial charge in [-0.15, -0.1) is 22.7 Å². The molecule has 0 saturated heterocycles. The summed E-state index contributed by atoms with van der Waals surface area (Å²) in [6, 6.07) is 14.9. The summed E-state index contributed by atoms with van der Waals surface area (Å²) < 4.78 is 10.6. The molecule has 2 aromatic carbocycles. The zero-order valence-electron chi connectivity index (χ0n) is 12.3. The van der Waals surface area contributed by atoms with Crippen molar-refractivity contribution in [1.82, 2.24) is 0 Å². The summed E-state index contributed by atoms with van der Waals surface area (Å²) in [7, 11) is 0. The first-order chi connectivity index (χ1) is 10.6. The Balaban J connectivity index is 1.90. The Morgan fingerprint density at radius 2 is 1.68 bits per heavy atom. The summed E-state index contributed by atoms with van der Waals surface area (Å²) in [4.78, 5) is 11.1. The van der Waals surface area contributed by atoms with Crippen molar-refractivity contribution in [3.63, 3.8) is 0 Å². The molecule has 0 aliphatic heterocycles. The maximum Gasteiger partial charge on any atom is 0.303 e. The second-order valence-electron chi connectivity index (χ2n) is 5.37. The van der Waals surface area contributed by atoms with Crippen LogP contribution in [0, 0.1) is 0 Å². The first kappa shape index (κ1) is 13.7. The molecule has 4 rings (SSSR count). The third-order valence-corrected chi connectivity index (χ3v) is 6.34. The van der Waals surface area contributed by atoms with Crippen LogP contribution in [0.2, 0.25) is 0 Å². The van der Waals surface area contributed by atoms with Gasteiger partial charge in [0.25, 0.3) is 0 Å². The van der Waals surface area contributed by atoms with Gasteiger partial charge in [-0.25, -0.2) is 0 Å². The van der Waals surface area contributed by atoms with Crippen molar-refractivity contribution in [2.75, 3.05) is 0 Å². The van der Waals surface area contributed by atoms with Gasteiger partial charge in [0.15, 0.2) is 0 Å². The fourth-order valence-electron chi connectivity index (χ4n) is 2.79. The van der Waals surface area contributed by atoms with Crippen LogP contribution in [0.15, 0.2) is 42.5 Å². The van der Waals surface area contributed by atoms with Crippen molar-refractivity contribution in [1.29, 1.82) is 0 Å². The van der Waals surface area contributed by atoms with Crippen LogP contribution in [0.1, 0.15) is 25.5 Å². The van der Waals surface area contributed by atoms with Crippen LogP contribution in [0.25, 0.3) is 29.6 Å². The Morgan fingerprint density at radius 3 is 2.45 bits per heavy atom. The molecule has 0 aliphatic rings. The number of carbonyl (C=O) groups excluding carboxylic acids is 1. The fraction of sp³-hybridized carbons (Fsp3) is 0.167. The Labute approximate surface area is 135 Å². The average molecular weight is 326 g/mol. The zero-order valence-corrected chi connectivity index (χ0v) is 13.9. The van der Waals surface area contributed by atoms with E-state index in [2.05, 4.69) is 42.5 Å². The molecular formula is C18H14O2S2. The predicted molar refractivity (Wildman–Crippen MR) is 94.9 cm³/mol. The molecule has 1 atom stereocenters. The summed E-state index contributed by atoms with van der Waals surface area (Å²) in [6.45, 7) is 3.36. The minimum Gasteiger partial charge on any atom is -0.458 e. The second kappa shape index (κ2) is 5.07. The number of rotatable bonds is 2. The first-order valence-corrected chi connectivity index (χ1v) is 8.77. The van der Waals surface area contributed by atoms with E-state index in [0.717, 1.165) is 5.56 Å². The molecule has 0 fully saturated rings. The molecule has 0 amide bonds. The van der Waals surface area contributed by atoms with E-state index in [-0.39, 0.29) is 12.1 Å². The van der Waals surface area contributed by atoms with Crippen LogP contribution in [0.5, 0.6) is 0 Å². The number of hydrogen-bond donors (Lipinski definition) is 0. The monoisotopic (exact) mass is 326 g/mol. The first-order valence-electron chi connectivity index (χ1n) is 7.14. The lowest BCUT2D eigenvalue weighted by Gasteiger charge is -2.11. The topological polar surface area (TPSA) is 26.3 Å². The van der Waals surface area contributed by atoms with Gasteiger partial charge in [-0.3, -0.25) is 4.79 Å². The zero-order chi connectivity index (χ0) is 15.3. The molecule has 1 unspecified atom stereocenters. The van der Waals surface area contributed by atoms with Crippen LogP contribution in [0.4, 0.5) is 0 Å². The molecule has 22 heavy (non-hydrogen) atoms. The Bertz CT molecular complexity index is 1010. The van der Waals surface area contributed by atoms with Crippen LogP contribution < -0.4 is 0 Å². The van der Waals surface area contributed by atoms with Gasteiger partial charge in [-0.2, -0.15) is 0 Å². The maximum absolute atomic E-state index is 11.1. The molecule has 2 aromatic heterocycles. The summed E-state index contributed by atoms with van der Waals surface area (Å²) in [5, 5.41) is 2.62. The third kappa shape index (κ3) is 2.11. The predicted octanol–water partition coefficient (Wildman–Crippen LogP) is 5.89. The van der Waals surface area contributed by atoms with Crippen molar-refractivity contribution in [2.24, 2.45) is 0 Å². The minimum absolute atomic E-state index is 0.209. The Hall–Kier alpha value is -1.91. The lowest BCUT2D eigenvalue weighted by molar-refractivity contribution is -0.145. The normalized spacial score (nSPS) is 13.0. The molecule has 0 bridgehead atoms. The molecule has 2 heterocycles. The van der Waals surface area contributed by atoms with Crippen LogP contribution in [0.3, 0.4) is 0 Å². The second-order valence-corrected chi connectivity index (χ2v) is 7.47. The Kier molecular flexibility index (Phi) is 3.17. The van der Waals surface area contributed by atoms with Gasteiger partial charge in [0, 0.05) is 27.1 Å². The smallest absolute Gasteiger partial charge is 0.303 e. The van der Waals surface area contributed by atoms with Crippen molar-refractivity contribution >= 4 is 58.2 Å². The number of esters is 1. The number of ether oxygens (including phenoxy) is 1. The Morgan fingerprint density at radius 1 is 1.00 bits per heavy atom. The molecule has 2 nitrogen and oxygen atoms in total. The molecule has 0 aliphatic carbocycles. The van der Waals surface area contributed by atoms with E-state index in [9.17, 15) is 4.79 Å². The number of thiophene rings is 2. The van der Waals surface area contributed by atoms with E-state index < -0.39 is 0 Å². The standard InChI is InChI=1S/C18H14O2S2/c1-10(20-11(2)19)12-7-8-14-16(9-12)22-17-13-5-3-4-6-15(13)21-18(14)17/h3-10H,1-2H3. The fourth-order valence-corrected chi connectivity index (χ4v) is 5.49. The van der Waals surface area contributed by atoms with Gasteiger partial charge in [0.05, 0.1) is 9.40 Å². The van der Waals surface area contributed by atoms with Crippen molar-refractivity contribution < 1.29 is 9.53 Å². The van der Waals surface area contributed by atoms with Crippen molar-refractivity contribution in [3.05, 3.63) is 48.0 Å². The van der Waals surface area contributed by atoms with E-state index in [4.69, 9.17) is 4.74 Å². The van der Waals surface area contributed by atoms with E-state index in [1.54, 1.807) is 0 Å². The van der Waals surface area contributed by atoms with E-state index in [1.807, 2.05) is 29.6 Å². The molecular weight excluding hydrogens is 312 g/mol. The number of fused-ring (bicyclic) bond motifs is 5. The van der Waals surface area contributed by atoms with Gasteiger partial charge in [0.2, 0.25) is 0 Å². The highest BCUT2D eigenvalue weighted by molar-refractivity contribution is 7.36. The highest BCUT2D eigenvalue weighted by Gasteiger charge is 2.14. The minimum atomic E-state index is -0.245. The largest absolute Gasteiger partial charge is 0.458 e. The van der Waals surface area contributed by atoms with Crippen molar-refractivity contribution in [3.8, 4) is 0 Å². The lowest BCUT2D eigenvalue weighted by Crippen LogP contribution is -2.04. The molecule has 110 valence electrons. The summed E-state index contributed by atoms with van der Waals surface area (Å²) in [5.74, 6) is -0.245. The van der Waals surface area contributed by atoms with E-state index >= 15 is 0 Å². The van der Waals surface area contributed by atoms with E-state index in [0.29, 0.717) is 0 Å². The highest BCUT2D eigenvalue weighted by atomic mass is 32.1. The third-order valence-electron chi connectivity index (χ3n) is 3.82. The van der Waals surface area contributed by atoms with Gasteiger partial charge in [0.1, 0.15) is 6.10 Å². The molecule has 4 aromatic rings. The molecule has 4 heteroatoms. The van der Waals surface area contributed by atoms with Crippen LogP contribution in [-0.4, -0.2) is 5.97 Å². The van der Waals surface area contributed by atoms with Crippen LogP contribution in [-0.2, 0) is 9.53 Å². The van der Waals surface area contributed by atoms with Gasteiger partial charge in [-0.05, 0) is 24.6 Å². The summed E-state index contributed by atoms with van der Waals surface area (Å²) in [6.07, 6.45) is -0.209. The van der Waals surface area contributed by atoms with Gasteiger partial charge < -0.3 is 4.74 Å².